The van der Waals surface area contributed by atoms with Crippen molar-refractivity contribution in [3.05, 3.63) is 0 Å². The molecule has 0 aliphatic heterocycles. The van der Waals surface area contributed by atoms with Gasteiger partial charge in [-0.05, 0) is 37.5 Å². The van der Waals surface area contributed by atoms with Crippen LogP contribution in [0.2, 0.25) is 0 Å². The number of rotatable bonds is 3. The minimum atomic E-state index is -0.724. The Morgan fingerprint density at radius 1 is 1.25 bits per heavy atom. The zero-order valence-corrected chi connectivity index (χ0v) is 10.9. The molecule has 2 nitrogen and oxygen atoms in total. The molecule has 92 valence electrons. The number of hydrogen-bond donors (Lipinski definition) is 1. The van der Waals surface area contributed by atoms with Crippen LogP contribution in [0.5, 0.6) is 0 Å². The van der Waals surface area contributed by atoms with Gasteiger partial charge in [-0.3, -0.25) is 0 Å². The van der Waals surface area contributed by atoms with Crippen molar-refractivity contribution in [3.63, 3.8) is 0 Å². The first-order valence-electron chi connectivity index (χ1n) is 6.55. The van der Waals surface area contributed by atoms with Gasteiger partial charge in [0.05, 0.1) is 17.6 Å². The molecule has 1 saturated carbocycles. The molecule has 0 saturated heterocycles. The lowest BCUT2D eigenvalue weighted by atomic mass is 9.78. The summed E-state index contributed by atoms with van der Waals surface area (Å²) in [4.78, 5) is 0. The number of nitriles is 1. The van der Waals surface area contributed by atoms with Crippen LogP contribution in [0.15, 0.2) is 0 Å². The lowest BCUT2D eigenvalue weighted by Crippen LogP contribution is -2.37. The van der Waals surface area contributed by atoms with Crippen molar-refractivity contribution in [2.24, 2.45) is 11.3 Å². The van der Waals surface area contributed by atoms with Gasteiger partial charge in [-0.25, -0.2) is 0 Å². The third-order valence-corrected chi connectivity index (χ3v) is 4.08. The van der Waals surface area contributed by atoms with Crippen LogP contribution >= 0.6 is 0 Å². The van der Waals surface area contributed by atoms with Crippen molar-refractivity contribution in [1.29, 1.82) is 5.26 Å². The summed E-state index contributed by atoms with van der Waals surface area (Å²) in [5.74, 6) is -0.175. The summed E-state index contributed by atoms with van der Waals surface area (Å²) in [6.07, 6.45) is 6.64. The molecule has 1 N–H and O–H groups in total. The highest BCUT2D eigenvalue weighted by Crippen LogP contribution is 2.42. The molecular formula is C14H25NO. The summed E-state index contributed by atoms with van der Waals surface area (Å²) in [5, 5.41) is 19.8. The quantitative estimate of drug-likeness (QED) is 0.742. The molecule has 0 bridgehead atoms. The predicted molar refractivity (Wildman–Crippen MR) is 65.8 cm³/mol. The summed E-state index contributed by atoms with van der Waals surface area (Å²) in [7, 11) is 0. The van der Waals surface area contributed by atoms with Gasteiger partial charge in [0, 0.05) is 0 Å². The first-order chi connectivity index (χ1) is 7.43. The Bertz CT molecular complexity index is 266. The maximum Gasteiger partial charge on any atom is 0.0805 e. The molecule has 16 heavy (non-hydrogen) atoms. The van der Waals surface area contributed by atoms with E-state index < -0.39 is 5.60 Å². The summed E-state index contributed by atoms with van der Waals surface area (Å²) < 4.78 is 0. The Morgan fingerprint density at radius 2 is 1.94 bits per heavy atom. The lowest BCUT2D eigenvalue weighted by molar-refractivity contribution is -0.0170. The molecule has 0 aromatic heterocycles. The van der Waals surface area contributed by atoms with Gasteiger partial charge < -0.3 is 5.11 Å². The van der Waals surface area contributed by atoms with Gasteiger partial charge in [-0.1, -0.05) is 33.6 Å². The number of hydrogen-bond acceptors (Lipinski definition) is 2. The van der Waals surface area contributed by atoms with Gasteiger partial charge in [0.1, 0.15) is 0 Å². The van der Waals surface area contributed by atoms with E-state index in [4.69, 9.17) is 0 Å². The molecule has 2 unspecified atom stereocenters. The largest absolute Gasteiger partial charge is 0.389 e. The first kappa shape index (κ1) is 13.5. The van der Waals surface area contributed by atoms with Gasteiger partial charge >= 0.3 is 0 Å². The molecule has 1 rings (SSSR count). The van der Waals surface area contributed by atoms with E-state index in [1.54, 1.807) is 0 Å². The van der Waals surface area contributed by atoms with E-state index in [2.05, 4.69) is 26.8 Å². The SMILES string of the molecule is CCCC(C#N)C1(O)CCCC(C)(C)CC1. The van der Waals surface area contributed by atoms with Gasteiger partial charge in [0.15, 0.2) is 0 Å². The second kappa shape index (κ2) is 5.19. The van der Waals surface area contributed by atoms with Gasteiger partial charge in [0.2, 0.25) is 0 Å². The predicted octanol–water partition coefficient (Wildman–Crippen LogP) is 3.65. The summed E-state index contributed by atoms with van der Waals surface area (Å²) in [5.41, 5.74) is -0.394. The molecule has 2 atom stereocenters. The van der Waals surface area contributed by atoms with Crippen molar-refractivity contribution in [2.75, 3.05) is 0 Å². The van der Waals surface area contributed by atoms with Crippen LogP contribution in [0.4, 0.5) is 0 Å². The van der Waals surface area contributed by atoms with Crippen LogP contribution in [-0.4, -0.2) is 10.7 Å². The average Bonchev–Trinajstić information content (AvgIpc) is 2.35. The molecule has 2 heteroatoms. The highest BCUT2D eigenvalue weighted by atomic mass is 16.3. The van der Waals surface area contributed by atoms with E-state index in [1.807, 2.05) is 0 Å². The molecule has 1 aliphatic carbocycles. The van der Waals surface area contributed by atoms with Crippen LogP contribution in [0.3, 0.4) is 0 Å². The topological polar surface area (TPSA) is 44.0 Å². The molecule has 0 aromatic rings. The van der Waals surface area contributed by atoms with Crippen LogP contribution < -0.4 is 0 Å². The molecule has 0 amide bonds. The van der Waals surface area contributed by atoms with Crippen molar-refractivity contribution < 1.29 is 5.11 Å². The maximum atomic E-state index is 10.7. The molecular weight excluding hydrogens is 198 g/mol. The fourth-order valence-electron chi connectivity index (χ4n) is 2.77. The Hall–Kier alpha value is -0.550. The highest BCUT2D eigenvalue weighted by molar-refractivity contribution is 5.00. The summed E-state index contributed by atoms with van der Waals surface area (Å²) >= 11 is 0. The lowest BCUT2D eigenvalue weighted by Gasteiger charge is -2.32. The monoisotopic (exact) mass is 223 g/mol. The third-order valence-electron chi connectivity index (χ3n) is 4.08. The fourth-order valence-corrected chi connectivity index (χ4v) is 2.77. The molecule has 0 aromatic carbocycles. The molecule has 1 aliphatic rings. The summed E-state index contributed by atoms with van der Waals surface area (Å²) in [6.45, 7) is 6.61. The van der Waals surface area contributed by atoms with Crippen molar-refractivity contribution in [1.82, 2.24) is 0 Å². The smallest absolute Gasteiger partial charge is 0.0805 e. The highest BCUT2D eigenvalue weighted by Gasteiger charge is 2.39. The zero-order chi connectivity index (χ0) is 12.2. The van der Waals surface area contributed by atoms with Gasteiger partial charge in [0.25, 0.3) is 0 Å². The fraction of sp³-hybridized carbons (Fsp3) is 0.929. The molecule has 1 fully saturated rings. The van der Waals surface area contributed by atoms with E-state index >= 15 is 0 Å². The minimum Gasteiger partial charge on any atom is -0.389 e. The van der Waals surface area contributed by atoms with Crippen LogP contribution in [0.25, 0.3) is 0 Å². The Balaban J connectivity index is 2.73. The second-order valence-corrected chi connectivity index (χ2v) is 6.09. The van der Waals surface area contributed by atoms with Crippen molar-refractivity contribution >= 4 is 0 Å². The second-order valence-electron chi connectivity index (χ2n) is 6.09. The number of aliphatic hydroxyl groups is 1. The van der Waals surface area contributed by atoms with E-state index in [1.165, 1.54) is 6.42 Å². The van der Waals surface area contributed by atoms with Gasteiger partial charge in [-0.15, -0.1) is 0 Å². The Labute approximate surface area is 99.7 Å². The Kier molecular flexibility index (Phi) is 4.38. The van der Waals surface area contributed by atoms with Crippen LogP contribution in [-0.2, 0) is 0 Å². The molecule has 0 radical (unpaired) electrons. The van der Waals surface area contributed by atoms with E-state index in [0.717, 1.165) is 38.5 Å². The van der Waals surface area contributed by atoms with Gasteiger partial charge in [-0.2, -0.15) is 5.26 Å². The third kappa shape index (κ3) is 3.22. The zero-order valence-electron chi connectivity index (χ0n) is 10.9. The van der Waals surface area contributed by atoms with E-state index in [0.29, 0.717) is 5.41 Å². The normalized spacial score (nSPS) is 31.4. The molecule has 0 heterocycles. The first-order valence-corrected chi connectivity index (χ1v) is 6.55. The Morgan fingerprint density at radius 3 is 2.50 bits per heavy atom. The standard InChI is InChI=1S/C14H25NO/c1-4-6-12(11-15)14(16)8-5-7-13(2,3)9-10-14/h12,16H,4-10H2,1-3H3. The minimum absolute atomic E-state index is 0.175. The van der Waals surface area contributed by atoms with Crippen molar-refractivity contribution in [2.45, 2.75) is 71.3 Å². The van der Waals surface area contributed by atoms with E-state index in [9.17, 15) is 10.4 Å². The van der Waals surface area contributed by atoms with Crippen LogP contribution in [0.1, 0.15) is 65.7 Å². The summed E-state index contributed by atoms with van der Waals surface area (Å²) in [6, 6.07) is 2.32. The number of nitrogens with zero attached hydrogens (tertiary/aromatic N) is 1. The maximum absolute atomic E-state index is 10.7. The van der Waals surface area contributed by atoms with Crippen molar-refractivity contribution in [3.8, 4) is 6.07 Å². The van der Waals surface area contributed by atoms with Crippen LogP contribution in [0, 0.1) is 22.7 Å². The molecule has 0 spiro atoms. The van der Waals surface area contributed by atoms with E-state index in [-0.39, 0.29) is 5.92 Å². The average molecular weight is 223 g/mol.